The molecule has 35 heavy (non-hydrogen) atoms. The largest absolute Gasteiger partial charge is 0.511 e. The smallest absolute Gasteiger partial charge is 0.435 e. The lowest BCUT2D eigenvalue weighted by Gasteiger charge is -2.33. The van der Waals surface area contributed by atoms with Gasteiger partial charge in [-0.1, -0.05) is 12.1 Å². The van der Waals surface area contributed by atoms with Gasteiger partial charge in [0.1, 0.15) is 0 Å². The van der Waals surface area contributed by atoms with E-state index in [1.807, 2.05) is 9.80 Å². The Morgan fingerprint density at radius 1 is 1.00 bits per heavy atom. The number of nitrogens with zero attached hydrogens (tertiary/aromatic N) is 2. The molecule has 1 atom stereocenters. The number of amides is 2. The fourth-order valence-electron chi connectivity index (χ4n) is 5.41. The first-order valence-corrected chi connectivity index (χ1v) is 12.9. The van der Waals surface area contributed by atoms with Gasteiger partial charge in [-0.15, -0.1) is 0 Å². The summed E-state index contributed by atoms with van der Waals surface area (Å²) in [5.74, 6) is -0.0306. The first kappa shape index (κ1) is 25.3. The van der Waals surface area contributed by atoms with Crippen molar-refractivity contribution in [3.63, 3.8) is 0 Å². The van der Waals surface area contributed by atoms with Crippen LogP contribution in [0.4, 0.5) is 15.3 Å². The summed E-state index contributed by atoms with van der Waals surface area (Å²) in [5, 5.41) is 3.40. The maximum atomic E-state index is 13.2. The van der Waals surface area contributed by atoms with Crippen LogP contribution < -0.4 is 10.2 Å². The molecule has 2 heterocycles. The van der Waals surface area contributed by atoms with Crippen LogP contribution in [-0.4, -0.2) is 68.2 Å². The molecular weight excluding hydrogens is 450 g/mol. The Bertz CT molecular complexity index is 878. The second kappa shape index (κ2) is 11.7. The van der Waals surface area contributed by atoms with Crippen molar-refractivity contribution in [2.45, 2.75) is 70.6 Å². The third kappa shape index (κ3) is 6.25. The molecule has 9 heteroatoms. The van der Waals surface area contributed by atoms with Gasteiger partial charge in [0.25, 0.3) is 0 Å². The molecule has 2 aliphatic heterocycles. The first-order chi connectivity index (χ1) is 17.0. The normalized spacial score (nSPS) is 24.2. The van der Waals surface area contributed by atoms with Crippen molar-refractivity contribution in [2.75, 3.05) is 37.7 Å². The highest BCUT2D eigenvalue weighted by Crippen LogP contribution is 2.33. The van der Waals surface area contributed by atoms with Gasteiger partial charge in [0.15, 0.2) is 0 Å². The van der Waals surface area contributed by atoms with E-state index in [-0.39, 0.29) is 30.6 Å². The van der Waals surface area contributed by atoms with E-state index in [1.165, 1.54) is 12.5 Å². The number of carbonyl (C=O) groups excluding carboxylic acids is 3. The fraction of sp³-hybridized carbons (Fsp3) is 0.654. The average Bonchev–Trinajstić information content (AvgIpc) is 3.26. The predicted molar refractivity (Wildman–Crippen MR) is 130 cm³/mol. The molecule has 1 saturated carbocycles. The van der Waals surface area contributed by atoms with Gasteiger partial charge in [-0.2, -0.15) is 0 Å². The Hall–Kier alpha value is -2.81. The summed E-state index contributed by atoms with van der Waals surface area (Å²) in [4.78, 5) is 40.9. The molecule has 2 amide bonds. The van der Waals surface area contributed by atoms with Crippen molar-refractivity contribution in [3.05, 3.63) is 29.8 Å². The van der Waals surface area contributed by atoms with E-state index in [0.29, 0.717) is 31.8 Å². The van der Waals surface area contributed by atoms with E-state index < -0.39 is 12.4 Å². The number of anilines is 1. The van der Waals surface area contributed by atoms with Crippen LogP contribution in [0.25, 0.3) is 0 Å². The molecular formula is C26H37N3O6. The SMILES string of the molecule is CCOC(=O)OC(C)OC(=O)C1CCC(N2CCN(c3ccc(C4CCNCC4)cc3)C2=O)CC1. The molecule has 1 unspecified atom stereocenters. The number of benzene rings is 1. The van der Waals surface area contributed by atoms with Gasteiger partial charge in [-0.3, -0.25) is 9.69 Å². The van der Waals surface area contributed by atoms with Gasteiger partial charge < -0.3 is 24.4 Å². The fourth-order valence-corrected chi connectivity index (χ4v) is 5.41. The molecule has 0 spiro atoms. The topological polar surface area (TPSA) is 97.4 Å². The minimum absolute atomic E-state index is 0.0436. The van der Waals surface area contributed by atoms with Crippen molar-refractivity contribution < 1.29 is 28.6 Å². The van der Waals surface area contributed by atoms with Crippen LogP contribution in [0.3, 0.4) is 0 Å². The molecule has 0 bridgehead atoms. The zero-order valence-corrected chi connectivity index (χ0v) is 20.7. The number of esters is 1. The van der Waals surface area contributed by atoms with Gasteiger partial charge in [-0.25, -0.2) is 9.59 Å². The van der Waals surface area contributed by atoms with E-state index in [0.717, 1.165) is 44.5 Å². The molecule has 1 aromatic carbocycles. The number of nitrogens with one attached hydrogen (secondary N) is 1. The number of carbonyl (C=O) groups is 3. The van der Waals surface area contributed by atoms with Crippen LogP contribution in [0.15, 0.2) is 24.3 Å². The minimum Gasteiger partial charge on any atom is -0.435 e. The van der Waals surface area contributed by atoms with E-state index >= 15 is 0 Å². The summed E-state index contributed by atoms with van der Waals surface area (Å²) in [5.41, 5.74) is 2.30. The summed E-state index contributed by atoms with van der Waals surface area (Å²) >= 11 is 0. The highest BCUT2D eigenvalue weighted by Gasteiger charge is 2.38. The number of ether oxygens (including phenoxy) is 3. The van der Waals surface area contributed by atoms with Gasteiger partial charge >= 0.3 is 18.2 Å². The van der Waals surface area contributed by atoms with Crippen LogP contribution in [0, 0.1) is 5.92 Å². The second-order valence-electron chi connectivity index (χ2n) is 9.55. The maximum absolute atomic E-state index is 13.2. The molecule has 3 fully saturated rings. The van der Waals surface area contributed by atoms with Crippen LogP contribution >= 0.6 is 0 Å². The van der Waals surface area contributed by atoms with Crippen LogP contribution in [0.5, 0.6) is 0 Å². The van der Waals surface area contributed by atoms with Gasteiger partial charge in [-0.05, 0) is 82.2 Å². The third-order valence-electron chi connectivity index (χ3n) is 7.33. The minimum atomic E-state index is -0.992. The third-order valence-corrected chi connectivity index (χ3v) is 7.33. The van der Waals surface area contributed by atoms with E-state index in [4.69, 9.17) is 14.2 Å². The Labute approximate surface area is 207 Å². The number of urea groups is 1. The zero-order chi connectivity index (χ0) is 24.8. The summed E-state index contributed by atoms with van der Waals surface area (Å²) < 4.78 is 14.9. The van der Waals surface area contributed by atoms with Crippen LogP contribution in [0.2, 0.25) is 0 Å². The quantitative estimate of drug-likeness (QED) is 0.458. The highest BCUT2D eigenvalue weighted by atomic mass is 16.8. The maximum Gasteiger partial charge on any atom is 0.511 e. The Morgan fingerprint density at radius 3 is 2.34 bits per heavy atom. The molecule has 0 aromatic heterocycles. The molecule has 3 aliphatic rings. The van der Waals surface area contributed by atoms with Crippen molar-refractivity contribution in [2.24, 2.45) is 5.92 Å². The lowest BCUT2D eigenvalue weighted by Crippen LogP contribution is -2.42. The predicted octanol–water partition coefficient (Wildman–Crippen LogP) is 4.02. The average molecular weight is 488 g/mol. The second-order valence-corrected chi connectivity index (χ2v) is 9.55. The zero-order valence-electron chi connectivity index (χ0n) is 20.7. The summed E-state index contributed by atoms with van der Waals surface area (Å²) in [6.45, 7) is 6.86. The molecule has 1 aromatic rings. The summed E-state index contributed by atoms with van der Waals surface area (Å²) in [7, 11) is 0. The molecule has 9 nitrogen and oxygen atoms in total. The van der Waals surface area contributed by atoms with E-state index in [1.54, 1.807) is 6.92 Å². The Kier molecular flexibility index (Phi) is 8.49. The molecule has 192 valence electrons. The standard InChI is InChI=1S/C26H37N3O6/c1-3-33-26(32)35-18(2)34-24(30)21-6-10-23(11-7-21)29-17-16-28(25(29)31)22-8-4-19(5-9-22)20-12-14-27-15-13-20/h4-5,8-9,18,20-21,23,27H,3,6-7,10-17H2,1-2H3. The lowest BCUT2D eigenvalue weighted by molar-refractivity contribution is -0.174. The molecule has 4 rings (SSSR count). The first-order valence-electron chi connectivity index (χ1n) is 12.9. The molecule has 1 aliphatic carbocycles. The Morgan fingerprint density at radius 2 is 1.69 bits per heavy atom. The summed E-state index contributed by atoms with van der Waals surface area (Å²) in [6, 6.07) is 8.66. The molecule has 0 radical (unpaired) electrons. The number of piperidine rings is 1. The van der Waals surface area contributed by atoms with Crippen molar-refractivity contribution in [1.82, 2.24) is 10.2 Å². The summed E-state index contributed by atoms with van der Waals surface area (Å²) in [6.07, 6.45) is 3.26. The van der Waals surface area contributed by atoms with E-state index in [2.05, 4.69) is 29.6 Å². The van der Waals surface area contributed by atoms with Crippen LogP contribution in [0.1, 0.15) is 63.9 Å². The van der Waals surface area contributed by atoms with Gasteiger partial charge in [0.2, 0.25) is 6.29 Å². The van der Waals surface area contributed by atoms with Gasteiger partial charge in [0, 0.05) is 31.7 Å². The van der Waals surface area contributed by atoms with Crippen molar-refractivity contribution >= 4 is 23.8 Å². The number of hydrogen-bond donors (Lipinski definition) is 1. The molecule has 1 N–H and O–H groups in total. The highest BCUT2D eigenvalue weighted by molar-refractivity contribution is 5.94. The molecule has 2 saturated heterocycles. The van der Waals surface area contributed by atoms with Crippen molar-refractivity contribution in [3.8, 4) is 0 Å². The number of hydrogen-bond acceptors (Lipinski definition) is 7. The Balaban J connectivity index is 1.25. The lowest BCUT2D eigenvalue weighted by atomic mass is 9.85. The van der Waals surface area contributed by atoms with Crippen LogP contribution in [-0.2, 0) is 19.0 Å². The number of rotatable bonds is 7. The monoisotopic (exact) mass is 487 g/mol. The van der Waals surface area contributed by atoms with E-state index in [9.17, 15) is 14.4 Å². The van der Waals surface area contributed by atoms with Crippen molar-refractivity contribution in [1.29, 1.82) is 0 Å². The van der Waals surface area contributed by atoms with Gasteiger partial charge in [0.05, 0.1) is 12.5 Å².